The van der Waals surface area contributed by atoms with Crippen molar-refractivity contribution in [1.82, 2.24) is 14.0 Å². The van der Waals surface area contributed by atoms with Gasteiger partial charge in [-0.15, -0.1) is 0 Å². The maximum absolute atomic E-state index is 13.1. The summed E-state index contributed by atoms with van der Waals surface area (Å²) >= 11 is 0. The van der Waals surface area contributed by atoms with E-state index in [1.807, 2.05) is 24.3 Å². The molecule has 26 heavy (non-hydrogen) atoms. The lowest BCUT2D eigenvalue weighted by molar-refractivity contribution is 0.494. The SMILES string of the molecule is N#Cc1ccccc1Cn1c(N2CCC[C@@H](N)C2)cc2cncn2c1=O. The lowest BCUT2D eigenvalue weighted by Gasteiger charge is -2.34. The van der Waals surface area contributed by atoms with E-state index in [4.69, 9.17) is 5.73 Å². The molecule has 1 aliphatic heterocycles. The molecule has 0 amide bonds. The van der Waals surface area contributed by atoms with Gasteiger partial charge in [0.1, 0.15) is 12.1 Å². The summed E-state index contributed by atoms with van der Waals surface area (Å²) in [5.74, 6) is 0.825. The molecule has 1 aliphatic rings. The first-order valence-electron chi connectivity index (χ1n) is 8.72. The highest BCUT2D eigenvalue weighted by atomic mass is 16.1. The van der Waals surface area contributed by atoms with E-state index < -0.39 is 0 Å². The zero-order valence-electron chi connectivity index (χ0n) is 14.4. The minimum Gasteiger partial charge on any atom is -0.356 e. The third-order valence-electron chi connectivity index (χ3n) is 4.91. The zero-order chi connectivity index (χ0) is 18.1. The fourth-order valence-electron chi connectivity index (χ4n) is 3.58. The number of hydrogen-bond acceptors (Lipinski definition) is 5. The summed E-state index contributed by atoms with van der Waals surface area (Å²) in [5, 5.41) is 9.38. The molecule has 7 heteroatoms. The summed E-state index contributed by atoms with van der Waals surface area (Å²) in [6.45, 7) is 1.90. The molecule has 1 saturated heterocycles. The van der Waals surface area contributed by atoms with Crippen LogP contribution in [-0.4, -0.2) is 33.1 Å². The first-order valence-corrected chi connectivity index (χ1v) is 8.72. The Morgan fingerprint density at radius 3 is 3.00 bits per heavy atom. The zero-order valence-corrected chi connectivity index (χ0v) is 14.4. The van der Waals surface area contributed by atoms with Gasteiger partial charge in [0, 0.05) is 25.2 Å². The second kappa shape index (κ2) is 6.65. The van der Waals surface area contributed by atoms with Gasteiger partial charge in [-0.25, -0.2) is 9.78 Å². The number of rotatable bonds is 3. The Morgan fingerprint density at radius 2 is 2.19 bits per heavy atom. The van der Waals surface area contributed by atoms with Crippen LogP contribution in [0.4, 0.5) is 5.82 Å². The molecule has 3 aromatic rings. The predicted molar refractivity (Wildman–Crippen MR) is 99.1 cm³/mol. The number of fused-ring (bicyclic) bond motifs is 1. The first kappa shape index (κ1) is 16.4. The number of imidazole rings is 1. The van der Waals surface area contributed by atoms with Crippen LogP contribution in [0.5, 0.6) is 0 Å². The Morgan fingerprint density at radius 1 is 1.35 bits per heavy atom. The van der Waals surface area contributed by atoms with E-state index in [-0.39, 0.29) is 11.7 Å². The highest BCUT2D eigenvalue weighted by Gasteiger charge is 2.21. The molecular weight excluding hydrogens is 328 g/mol. The van der Waals surface area contributed by atoms with Crippen LogP contribution >= 0.6 is 0 Å². The molecule has 3 heterocycles. The van der Waals surface area contributed by atoms with Gasteiger partial charge in [-0.05, 0) is 24.5 Å². The van der Waals surface area contributed by atoms with Crippen LogP contribution in [0.15, 0.2) is 47.7 Å². The molecule has 1 aromatic carbocycles. The van der Waals surface area contributed by atoms with E-state index in [2.05, 4.69) is 16.0 Å². The van der Waals surface area contributed by atoms with Gasteiger partial charge in [0.05, 0.1) is 29.9 Å². The van der Waals surface area contributed by atoms with Crippen molar-refractivity contribution in [3.05, 3.63) is 64.5 Å². The van der Waals surface area contributed by atoms with E-state index >= 15 is 0 Å². The minimum atomic E-state index is -0.165. The minimum absolute atomic E-state index is 0.0971. The van der Waals surface area contributed by atoms with E-state index in [0.29, 0.717) is 18.7 Å². The Hall–Kier alpha value is -3.11. The third-order valence-corrected chi connectivity index (χ3v) is 4.91. The topological polar surface area (TPSA) is 92.3 Å². The molecule has 1 fully saturated rings. The summed E-state index contributed by atoms with van der Waals surface area (Å²) in [7, 11) is 0. The van der Waals surface area contributed by atoms with E-state index in [0.717, 1.165) is 36.3 Å². The second-order valence-corrected chi connectivity index (χ2v) is 6.68. The predicted octanol–water partition coefficient (Wildman–Crippen LogP) is 1.34. The van der Waals surface area contributed by atoms with Crippen molar-refractivity contribution in [2.75, 3.05) is 18.0 Å². The van der Waals surface area contributed by atoms with Gasteiger partial charge in [0.25, 0.3) is 0 Å². The van der Waals surface area contributed by atoms with Crippen molar-refractivity contribution in [2.45, 2.75) is 25.4 Å². The van der Waals surface area contributed by atoms with Gasteiger partial charge in [0.2, 0.25) is 0 Å². The lowest BCUT2D eigenvalue weighted by atomic mass is 10.1. The number of aromatic nitrogens is 3. The number of nitriles is 1. The maximum atomic E-state index is 13.1. The second-order valence-electron chi connectivity index (χ2n) is 6.68. The van der Waals surface area contributed by atoms with E-state index in [1.165, 1.54) is 10.7 Å². The van der Waals surface area contributed by atoms with Gasteiger partial charge < -0.3 is 10.6 Å². The van der Waals surface area contributed by atoms with Crippen molar-refractivity contribution < 1.29 is 0 Å². The number of anilines is 1. The molecule has 0 radical (unpaired) electrons. The van der Waals surface area contributed by atoms with Gasteiger partial charge in [-0.2, -0.15) is 5.26 Å². The quantitative estimate of drug-likeness (QED) is 0.771. The summed E-state index contributed by atoms with van der Waals surface area (Å²) in [6, 6.07) is 11.6. The van der Waals surface area contributed by atoms with Crippen LogP contribution in [0, 0.1) is 11.3 Å². The molecule has 0 aliphatic carbocycles. The normalized spacial score (nSPS) is 17.4. The molecule has 2 aromatic heterocycles. The fourth-order valence-corrected chi connectivity index (χ4v) is 3.58. The van der Waals surface area contributed by atoms with Crippen LogP contribution in [0.25, 0.3) is 5.52 Å². The fraction of sp³-hybridized carbons (Fsp3) is 0.316. The van der Waals surface area contributed by atoms with Gasteiger partial charge in [0.15, 0.2) is 0 Å². The van der Waals surface area contributed by atoms with Crippen LogP contribution in [0.2, 0.25) is 0 Å². The average molecular weight is 348 g/mol. The lowest BCUT2D eigenvalue weighted by Crippen LogP contribution is -2.45. The summed E-state index contributed by atoms with van der Waals surface area (Å²) < 4.78 is 3.24. The maximum Gasteiger partial charge on any atom is 0.335 e. The average Bonchev–Trinajstić information content (AvgIpc) is 3.13. The monoisotopic (exact) mass is 348 g/mol. The van der Waals surface area contributed by atoms with Gasteiger partial charge in [-0.3, -0.25) is 8.97 Å². The third kappa shape index (κ3) is 2.85. The Balaban J connectivity index is 1.86. The standard InChI is InChI=1S/C19H20N6O/c20-9-14-4-1-2-5-15(14)11-24-18(23-7-3-6-16(21)12-23)8-17-10-22-13-25(17)19(24)26/h1-2,4-5,8,10,13,16H,3,6-7,11-12,21H2/t16-/m1/s1. The molecule has 1 atom stereocenters. The summed E-state index contributed by atoms with van der Waals surface area (Å²) in [4.78, 5) is 19.3. The Kier molecular flexibility index (Phi) is 4.19. The molecular formula is C19H20N6O. The number of piperidine rings is 1. The van der Waals surface area contributed by atoms with Crippen molar-refractivity contribution in [2.24, 2.45) is 5.73 Å². The van der Waals surface area contributed by atoms with E-state index in [1.54, 1.807) is 16.8 Å². The van der Waals surface area contributed by atoms with Crippen LogP contribution in [0.1, 0.15) is 24.0 Å². The molecule has 0 spiro atoms. The molecule has 0 saturated carbocycles. The number of benzene rings is 1. The van der Waals surface area contributed by atoms with Gasteiger partial charge >= 0.3 is 5.69 Å². The molecule has 0 unspecified atom stereocenters. The largest absolute Gasteiger partial charge is 0.356 e. The first-order chi connectivity index (χ1) is 12.7. The van der Waals surface area contributed by atoms with Crippen molar-refractivity contribution in [1.29, 1.82) is 5.26 Å². The van der Waals surface area contributed by atoms with Crippen LogP contribution < -0.4 is 16.3 Å². The van der Waals surface area contributed by atoms with Gasteiger partial charge in [-0.1, -0.05) is 18.2 Å². The highest BCUT2D eigenvalue weighted by Crippen LogP contribution is 2.21. The van der Waals surface area contributed by atoms with E-state index in [9.17, 15) is 10.1 Å². The molecule has 132 valence electrons. The molecule has 2 N–H and O–H groups in total. The molecule has 4 rings (SSSR count). The molecule has 7 nitrogen and oxygen atoms in total. The van der Waals surface area contributed by atoms with Crippen molar-refractivity contribution in [3.63, 3.8) is 0 Å². The summed E-state index contributed by atoms with van der Waals surface area (Å²) in [5.41, 5.74) is 8.14. The number of nitrogens with two attached hydrogens (primary N) is 1. The Bertz CT molecular complexity index is 1040. The summed E-state index contributed by atoms with van der Waals surface area (Å²) in [6.07, 6.45) is 5.19. The number of nitrogens with zero attached hydrogens (tertiary/aromatic N) is 5. The molecule has 0 bridgehead atoms. The Labute approximate surface area is 150 Å². The van der Waals surface area contributed by atoms with Crippen molar-refractivity contribution in [3.8, 4) is 6.07 Å². The number of hydrogen-bond donors (Lipinski definition) is 1. The highest BCUT2D eigenvalue weighted by molar-refractivity contribution is 5.56. The smallest absolute Gasteiger partial charge is 0.335 e. The van der Waals surface area contributed by atoms with Crippen LogP contribution in [-0.2, 0) is 6.54 Å². The van der Waals surface area contributed by atoms with Crippen LogP contribution in [0.3, 0.4) is 0 Å². The van der Waals surface area contributed by atoms with Crippen molar-refractivity contribution >= 4 is 11.3 Å².